The highest BCUT2D eigenvalue weighted by Crippen LogP contribution is 2.26. The van der Waals surface area contributed by atoms with Crippen LogP contribution in [0.25, 0.3) is 5.65 Å². The zero-order valence-corrected chi connectivity index (χ0v) is 16.3. The molecule has 2 aromatic carbocycles. The van der Waals surface area contributed by atoms with E-state index in [9.17, 15) is 4.79 Å². The van der Waals surface area contributed by atoms with Crippen molar-refractivity contribution >= 4 is 17.2 Å². The van der Waals surface area contributed by atoms with Gasteiger partial charge in [0, 0.05) is 18.0 Å². The Balaban J connectivity index is 1.40. The molecule has 146 valence electrons. The summed E-state index contributed by atoms with van der Waals surface area (Å²) in [6, 6.07) is 18.5. The average Bonchev–Trinajstić information content (AvgIpc) is 3.16. The Morgan fingerprint density at radius 3 is 2.69 bits per heavy atom. The molecule has 0 bridgehead atoms. The predicted octanol–water partition coefficient (Wildman–Crippen LogP) is 4.48. The molecule has 2 heterocycles. The van der Waals surface area contributed by atoms with E-state index >= 15 is 0 Å². The van der Waals surface area contributed by atoms with Crippen molar-refractivity contribution in [1.29, 1.82) is 0 Å². The first-order valence-electron chi connectivity index (χ1n) is 9.24. The molecule has 4 rings (SSSR count). The first kappa shape index (κ1) is 18.6. The minimum Gasteiger partial charge on any atom is -0.495 e. The summed E-state index contributed by atoms with van der Waals surface area (Å²) in [6.45, 7) is 2.32. The van der Waals surface area contributed by atoms with E-state index in [1.165, 1.54) is 0 Å². The number of fused-ring (bicyclic) bond motifs is 1. The van der Waals surface area contributed by atoms with Gasteiger partial charge in [0.05, 0.1) is 18.5 Å². The summed E-state index contributed by atoms with van der Waals surface area (Å²) >= 11 is 0. The number of pyridine rings is 1. The molecule has 0 aliphatic carbocycles. The van der Waals surface area contributed by atoms with Crippen molar-refractivity contribution in [2.24, 2.45) is 0 Å². The SMILES string of the molecule is COc1ccc(C)cc1NC(=O)c1ccc(OCc2cn3ccccc3n2)cc1. The Labute approximate surface area is 168 Å². The summed E-state index contributed by atoms with van der Waals surface area (Å²) in [7, 11) is 1.58. The molecule has 0 unspecified atom stereocenters. The van der Waals surface area contributed by atoms with Crippen LogP contribution in [0.1, 0.15) is 21.6 Å². The minimum atomic E-state index is -0.208. The molecule has 0 radical (unpaired) electrons. The van der Waals surface area contributed by atoms with Crippen LogP contribution in [0.15, 0.2) is 73.1 Å². The third-order valence-corrected chi connectivity index (χ3v) is 4.52. The van der Waals surface area contributed by atoms with E-state index in [1.54, 1.807) is 31.4 Å². The first-order valence-corrected chi connectivity index (χ1v) is 9.24. The highest BCUT2D eigenvalue weighted by molar-refractivity contribution is 6.05. The zero-order chi connectivity index (χ0) is 20.2. The van der Waals surface area contributed by atoms with Gasteiger partial charge in [-0.25, -0.2) is 4.98 Å². The van der Waals surface area contributed by atoms with Crippen LogP contribution in [0.3, 0.4) is 0 Å². The van der Waals surface area contributed by atoms with Crippen LogP contribution in [0.5, 0.6) is 11.5 Å². The molecule has 29 heavy (non-hydrogen) atoms. The minimum absolute atomic E-state index is 0.208. The number of methoxy groups -OCH3 is 1. The number of benzene rings is 2. The number of rotatable bonds is 6. The average molecular weight is 387 g/mol. The second kappa shape index (κ2) is 8.06. The maximum atomic E-state index is 12.6. The Kier molecular flexibility index (Phi) is 5.16. The lowest BCUT2D eigenvalue weighted by molar-refractivity contribution is 0.102. The normalized spacial score (nSPS) is 10.7. The Morgan fingerprint density at radius 1 is 1.10 bits per heavy atom. The summed E-state index contributed by atoms with van der Waals surface area (Å²) in [5.41, 5.74) is 3.93. The lowest BCUT2D eigenvalue weighted by Crippen LogP contribution is -2.12. The van der Waals surface area contributed by atoms with Crippen LogP contribution in [0.4, 0.5) is 5.69 Å². The van der Waals surface area contributed by atoms with E-state index in [0.717, 1.165) is 16.9 Å². The van der Waals surface area contributed by atoms with Crippen molar-refractivity contribution in [2.45, 2.75) is 13.5 Å². The van der Waals surface area contributed by atoms with Gasteiger partial charge >= 0.3 is 0 Å². The van der Waals surface area contributed by atoms with Gasteiger partial charge in [0.25, 0.3) is 5.91 Å². The number of nitrogens with one attached hydrogen (secondary N) is 1. The number of amides is 1. The molecule has 6 heteroatoms. The van der Waals surface area contributed by atoms with E-state index in [2.05, 4.69) is 10.3 Å². The van der Waals surface area contributed by atoms with Crippen LogP contribution >= 0.6 is 0 Å². The number of aryl methyl sites for hydroxylation is 1. The number of carbonyl (C=O) groups is 1. The summed E-state index contributed by atoms with van der Waals surface area (Å²) in [6.07, 6.45) is 3.88. The molecule has 1 N–H and O–H groups in total. The van der Waals surface area contributed by atoms with Gasteiger partial charge in [0.2, 0.25) is 0 Å². The smallest absolute Gasteiger partial charge is 0.255 e. The summed E-state index contributed by atoms with van der Waals surface area (Å²) in [4.78, 5) is 17.1. The Hall–Kier alpha value is -3.80. The van der Waals surface area contributed by atoms with E-state index in [0.29, 0.717) is 29.4 Å². The number of ether oxygens (including phenoxy) is 2. The Bertz CT molecular complexity index is 1120. The van der Waals surface area contributed by atoms with E-state index in [-0.39, 0.29) is 5.91 Å². The van der Waals surface area contributed by atoms with Gasteiger partial charge in [-0.15, -0.1) is 0 Å². The summed E-state index contributed by atoms with van der Waals surface area (Å²) in [5, 5.41) is 2.89. The third-order valence-electron chi connectivity index (χ3n) is 4.52. The van der Waals surface area contributed by atoms with Crippen molar-refractivity contribution < 1.29 is 14.3 Å². The summed E-state index contributed by atoms with van der Waals surface area (Å²) in [5.74, 6) is 1.09. The van der Waals surface area contributed by atoms with Crippen LogP contribution in [-0.4, -0.2) is 22.4 Å². The van der Waals surface area contributed by atoms with E-state index in [1.807, 2.05) is 60.1 Å². The highest BCUT2D eigenvalue weighted by Gasteiger charge is 2.10. The number of hydrogen-bond acceptors (Lipinski definition) is 4. The molecule has 1 amide bonds. The number of aromatic nitrogens is 2. The molecule has 0 fully saturated rings. The monoisotopic (exact) mass is 387 g/mol. The fourth-order valence-corrected chi connectivity index (χ4v) is 3.03. The lowest BCUT2D eigenvalue weighted by atomic mass is 10.1. The molecule has 0 aliphatic heterocycles. The van der Waals surface area contributed by atoms with Crippen molar-refractivity contribution in [3.63, 3.8) is 0 Å². The summed E-state index contributed by atoms with van der Waals surface area (Å²) < 4.78 is 13.1. The Morgan fingerprint density at radius 2 is 1.93 bits per heavy atom. The second-order valence-corrected chi connectivity index (χ2v) is 6.67. The first-order chi connectivity index (χ1) is 14.1. The van der Waals surface area contributed by atoms with E-state index in [4.69, 9.17) is 9.47 Å². The van der Waals surface area contributed by atoms with Crippen molar-refractivity contribution in [3.05, 3.63) is 89.9 Å². The molecule has 0 atom stereocenters. The number of nitrogens with zero attached hydrogens (tertiary/aromatic N) is 2. The fraction of sp³-hybridized carbons (Fsp3) is 0.130. The van der Waals surface area contributed by atoms with Crippen LogP contribution in [-0.2, 0) is 6.61 Å². The van der Waals surface area contributed by atoms with Crippen molar-refractivity contribution in [1.82, 2.24) is 9.38 Å². The molecular weight excluding hydrogens is 366 g/mol. The maximum absolute atomic E-state index is 12.6. The molecular formula is C23H21N3O3. The molecule has 2 aromatic heterocycles. The van der Waals surface area contributed by atoms with Crippen molar-refractivity contribution in [3.8, 4) is 11.5 Å². The predicted molar refractivity (Wildman–Crippen MR) is 112 cm³/mol. The quantitative estimate of drug-likeness (QED) is 0.530. The lowest BCUT2D eigenvalue weighted by Gasteiger charge is -2.11. The van der Waals surface area contributed by atoms with Gasteiger partial charge in [0.1, 0.15) is 23.8 Å². The van der Waals surface area contributed by atoms with E-state index < -0.39 is 0 Å². The standard InChI is InChI=1S/C23H21N3O3/c1-16-6-11-21(28-2)20(13-16)25-23(27)17-7-9-19(10-8-17)29-15-18-14-26-12-4-3-5-22(26)24-18/h3-14H,15H2,1-2H3,(H,25,27). The van der Waals surface area contributed by atoms with Crippen LogP contribution in [0, 0.1) is 6.92 Å². The maximum Gasteiger partial charge on any atom is 0.255 e. The molecule has 4 aromatic rings. The van der Waals surface area contributed by atoms with Gasteiger partial charge in [-0.2, -0.15) is 0 Å². The molecule has 0 saturated heterocycles. The van der Waals surface area contributed by atoms with Gasteiger partial charge in [-0.3, -0.25) is 4.79 Å². The highest BCUT2D eigenvalue weighted by atomic mass is 16.5. The zero-order valence-electron chi connectivity index (χ0n) is 16.3. The molecule has 0 saturated carbocycles. The molecule has 0 aliphatic rings. The topological polar surface area (TPSA) is 64.9 Å². The molecule has 6 nitrogen and oxygen atoms in total. The van der Waals surface area contributed by atoms with Crippen LogP contribution < -0.4 is 14.8 Å². The van der Waals surface area contributed by atoms with Gasteiger partial charge in [0.15, 0.2) is 0 Å². The second-order valence-electron chi connectivity index (χ2n) is 6.67. The number of hydrogen-bond donors (Lipinski definition) is 1. The number of carbonyl (C=O) groups excluding carboxylic acids is 1. The van der Waals surface area contributed by atoms with Gasteiger partial charge in [-0.05, 0) is 61.0 Å². The largest absolute Gasteiger partial charge is 0.495 e. The third kappa shape index (κ3) is 4.21. The number of imidazole rings is 1. The van der Waals surface area contributed by atoms with Gasteiger partial charge < -0.3 is 19.2 Å². The fourth-order valence-electron chi connectivity index (χ4n) is 3.03. The van der Waals surface area contributed by atoms with Crippen LogP contribution in [0.2, 0.25) is 0 Å². The number of anilines is 1. The van der Waals surface area contributed by atoms with Gasteiger partial charge in [-0.1, -0.05) is 12.1 Å². The van der Waals surface area contributed by atoms with Crippen molar-refractivity contribution in [2.75, 3.05) is 12.4 Å². The molecule has 0 spiro atoms.